The van der Waals surface area contributed by atoms with Crippen molar-refractivity contribution in [2.75, 3.05) is 0 Å². The summed E-state index contributed by atoms with van der Waals surface area (Å²) in [4.78, 5) is 22.2. The Hall–Kier alpha value is -1.44. The van der Waals surface area contributed by atoms with E-state index in [-0.39, 0.29) is 11.8 Å². The molecule has 0 radical (unpaired) electrons. The van der Waals surface area contributed by atoms with E-state index in [4.69, 9.17) is 0 Å². The summed E-state index contributed by atoms with van der Waals surface area (Å²) in [6.45, 7) is 1.89. The van der Waals surface area contributed by atoms with Gasteiger partial charge in [0.25, 0.3) is 0 Å². The zero-order valence-corrected chi connectivity index (χ0v) is 10.2. The number of aldehydes is 1. The van der Waals surface area contributed by atoms with Crippen molar-refractivity contribution in [1.82, 2.24) is 0 Å². The molecule has 1 aliphatic rings. The van der Waals surface area contributed by atoms with Crippen LogP contribution in [0.15, 0.2) is 24.3 Å². The molecule has 0 amide bonds. The lowest BCUT2D eigenvalue weighted by Crippen LogP contribution is -2.09. The Labute approximate surface area is 102 Å². The van der Waals surface area contributed by atoms with Crippen molar-refractivity contribution < 1.29 is 9.59 Å². The maximum Gasteiger partial charge on any atom is 0.136 e. The second kappa shape index (κ2) is 5.26. The highest BCUT2D eigenvalue weighted by atomic mass is 16.1. The Balaban J connectivity index is 2.03. The summed E-state index contributed by atoms with van der Waals surface area (Å²) in [5.41, 5.74) is 2.24. The van der Waals surface area contributed by atoms with E-state index >= 15 is 0 Å². The first-order valence-corrected chi connectivity index (χ1v) is 6.27. The summed E-state index contributed by atoms with van der Waals surface area (Å²) in [5.74, 6) is 0.594. The van der Waals surface area contributed by atoms with E-state index in [1.54, 1.807) is 0 Å². The molecule has 0 bridgehead atoms. The van der Waals surface area contributed by atoms with Gasteiger partial charge in [0.05, 0.1) is 0 Å². The van der Waals surface area contributed by atoms with Gasteiger partial charge in [0.15, 0.2) is 0 Å². The van der Waals surface area contributed by atoms with Crippen LogP contribution in [0.4, 0.5) is 0 Å². The molecule has 0 heterocycles. The van der Waals surface area contributed by atoms with Gasteiger partial charge in [-0.25, -0.2) is 0 Å². The fourth-order valence-electron chi connectivity index (χ4n) is 2.42. The highest BCUT2D eigenvalue weighted by Crippen LogP contribution is 2.25. The molecule has 1 aliphatic carbocycles. The van der Waals surface area contributed by atoms with E-state index in [1.807, 2.05) is 31.2 Å². The summed E-state index contributed by atoms with van der Waals surface area (Å²) in [5, 5.41) is 0. The van der Waals surface area contributed by atoms with Crippen LogP contribution in [0, 0.1) is 5.92 Å². The van der Waals surface area contributed by atoms with Crippen LogP contribution in [0.25, 0.3) is 0 Å². The fourth-order valence-corrected chi connectivity index (χ4v) is 2.42. The molecule has 0 N–H and O–H groups in total. The second-order valence-corrected chi connectivity index (χ2v) is 4.93. The SMILES string of the molecule is CC(C=O)c1ccc(CC2CCCC2=O)cc1. The number of benzene rings is 1. The Morgan fingerprint density at radius 3 is 2.59 bits per heavy atom. The minimum atomic E-state index is -0.0443. The maximum absolute atomic E-state index is 11.6. The standard InChI is InChI=1S/C15H18O2/c1-11(10-16)13-7-5-12(6-8-13)9-14-3-2-4-15(14)17/h5-8,10-11,14H,2-4,9H2,1H3. The van der Waals surface area contributed by atoms with Gasteiger partial charge < -0.3 is 4.79 Å². The molecule has 1 aromatic rings. The van der Waals surface area contributed by atoms with Crippen LogP contribution in [0.2, 0.25) is 0 Å². The number of carbonyl (C=O) groups excluding carboxylic acids is 2. The first-order valence-electron chi connectivity index (χ1n) is 6.27. The van der Waals surface area contributed by atoms with E-state index in [0.717, 1.165) is 37.5 Å². The molecule has 2 rings (SSSR count). The number of hydrogen-bond acceptors (Lipinski definition) is 2. The molecule has 1 fully saturated rings. The number of carbonyl (C=O) groups is 2. The monoisotopic (exact) mass is 230 g/mol. The van der Waals surface area contributed by atoms with E-state index in [2.05, 4.69) is 0 Å². The highest BCUT2D eigenvalue weighted by Gasteiger charge is 2.24. The maximum atomic E-state index is 11.6. The molecule has 1 saturated carbocycles. The van der Waals surface area contributed by atoms with Crippen molar-refractivity contribution in [3.05, 3.63) is 35.4 Å². The number of ketones is 1. The fraction of sp³-hybridized carbons (Fsp3) is 0.467. The summed E-state index contributed by atoms with van der Waals surface area (Å²) in [6.07, 6.45) is 4.64. The van der Waals surface area contributed by atoms with Gasteiger partial charge in [0.1, 0.15) is 12.1 Å². The average molecular weight is 230 g/mol. The topological polar surface area (TPSA) is 34.1 Å². The van der Waals surface area contributed by atoms with Gasteiger partial charge in [-0.05, 0) is 30.4 Å². The molecule has 2 unspecified atom stereocenters. The molecular weight excluding hydrogens is 212 g/mol. The lowest BCUT2D eigenvalue weighted by atomic mass is 9.95. The number of hydrogen-bond donors (Lipinski definition) is 0. The van der Waals surface area contributed by atoms with Gasteiger partial charge in [-0.15, -0.1) is 0 Å². The second-order valence-electron chi connectivity index (χ2n) is 4.93. The van der Waals surface area contributed by atoms with Crippen molar-refractivity contribution in [2.45, 2.75) is 38.5 Å². The largest absolute Gasteiger partial charge is 0.303 e. The smallest absolute Gasteiger partial charge is 0.136 e. The molecule has 0 saturated heterocycles. The molecule has 0 aromatic heterocycles. The minimum Gasteiger partial charge on any atom is -0.303 e. The van der Waals surface area contributed by atoms with Crippen LogP contribution >= 0.6 is 0 Å². The minimum absolute atomic E-state index is 0.0443. The van der Waals surface area contributed by atoms with Crippen LogP contribution in [-0.4, -0.2) is 12.1 Å². The predicted molar refractivity (Wildman–Crippen MR) is 67.0 cm³/mol. The van der Waals surface area contributed by atoms with Gasteiger partial charge in [0.2, 0.25) is 0 Å². The molecule has 0 aliphatic heterocycles. The predicted octanol–water partition coefficient (Wildman–Crippen LogP) is 2.90. The summed E-state index contributed by atoms with van der Waals surface area (Å²) in [6, 6.07) is 8.07. The quantitative estimate of drug-likeness (QED) is 0.745. The third-order valence-corrected chi connectivity index (χ3v) is 3.62. The first-order chi connectivity index (χ1) is 8.20. The first kappa shape index (κ1) is 12.0. The lowest BCUT2D eigenvalue weighted by Gasteiger charge is -2.09. The van der Waals surface area contributed by atoms with E-state index in [0.29, 0.717) is 5.78 Å². The Morgan fingerprint density at radius 2 is 2.06 bits per heavy atom. The molecule has 1 aromatic carbocycles. The average Bonchev–Trinajstić information content (AvgIpc) is 2.75. The van der Waals surface area contributed by atoms with Crippen molar-refractivity contribution in [1.29, 1.82) is 0 Å². The third kappa shape index (κ3) is 2.82. The molecular formula is C15H18O2. The van der Waals surface area contributed by atoms with Crippen LogP contribution < -0.4 is 0 Å². The van der Waals surface area contributed by atoms with Crippen molar-refractivity contribution in [3.63, 3.8) is 0 Å². The number of Topliss-reactive ketones (excluding diaryl/α,β-unsaturated/α-hetero) is 1. The number of rotatable bonds is 4. The zero-order valence-electron chi connectivity index (χ0n) is 10.2. The van der Waals surface area contributed by atoms with Gasteiger partial charge in [-0.2, -0.15) is 0 Å². The molecule has 90 valence electrons. The molecule has 17 heavy (non-hydrogen) atoms. The van der Waals surface area contributed by atoms with Gasteiger partial charge in [0, 0.05) is 18.3 Å². The lowest BCUT2D eigenvalue weighted by molar-refractivity contribution is -0.120. The summed E-state index contributed by atoms with van der Waals surface area (Å²) in [7, 11) is 0. The normalized spacial score (nSPS) is 21.5. The third-order valence-electron chi connectivity index (χ3n) is 3.62. The molecule has 2 atom stereocenters. The van der Waals surface area contributed by atoms with E-state index < -0.39 is 0 Å². The van der Waals surface area contributed by atoms with Crippen LogP contribution in [0.3, 0.4) is 0 Å². The van der Waals surface area contributed by atoms with Crippen LogP contribution in [0.1, 0.15) is 43.2 Å². The van der Waals surface area contributed by atoms with E-state index in [9.17, 15) is 9.59 Å². The van der Waals surface area contributed by atoms with Crippen LogP contribution in [-0.2, 0) is 16.0 Å². The Morgan fingerprint density at radius 1 is 1.35 bits per heavy atom. The van der Waals surface area contributed by atoms with Gasteiger partial charge in [-0.3, -0.25) is 4.79 Å². The van der Waals surface area contributed by atoms with E-state index in [1.165, 1.54) is 5.56 Å². The zero-order chi connectivity index (χ0) is 12.3. The Bertz CT molecular complexity index is 405. The van der Waals surface area contributed by atoms with Crippen molar-refractivity contribution in [2.24, 2.45) is 5.92 Å². The molecule has 2 heteroatoms. The van der Waals surface area contributed by atoms with Crippen molar-refractivity contribution >= 4 is 12.1 Å². The summed E-state index contributed by atoms with van der Waals surface area (Å²) >= 11 is 0. The van der Waals surface area contributed by atoms with Crippen LogP contribution in [0.5, 0.6) is 0 Å². The van der Waals surface area contributed by atoms with Gasteiger partial charge in [-0.1, -0.05) is 31.2 Å². The molecule has 2 nitrogen and oxygen atoms in total. The summed E-state index contributed by atoms with van der Waals surface area (Å²) < 4.78 is 0. The van der Waals surface area contributed by atoms with Gasteiger partial charge >= 0.3 is 0 Å². The highest BCUT2D eigenvalue weighted by molar-refractivity contribution is 5.83. The molecule has 0 spiro atoms. The van der Waals surface area contributed by atoms with Crippen molar-refractivity contribution in [3.8, 4) is 0 Å². The Kier molecular flexibility index (Phi) is 3.72.